The Bertz CT molecular complexity index is 1040. The number of anilines is 1. The van der Waals surface area contributed by atoms with E-state index in [1.807, 2.05) is 30.3 Å². The quantitative estimate of drug-likeness (QED) is 0.498. The Morgan fingerprint density at radius 1 is 1.12 bits per heavy atom. The highest BCUT2D eigenvalue weighted by Crippen LogP contribution is 2.31. The molecule has 1 saturated heterocycles. The summed E-state index contributed by atoms with van der Waals surface area (Å²) in [6, 6.07) is 14.7. The average Bonchev–Trinajstić information content (AvgIpc) is 3.34. The molecule has 1 fully saturated rings. The van der Waals surface area contributed by atoms with Crippen molar-refractivity contribution >= 4 is 17.1 Å². The first-order valence-electron chi connectivity index (χ1n) is 11.4. The number of para-hydroxylation sites is 1. The fourth-order valence-corrected chi connectivity index (χ4v) is 4.44. The van der Waals surface area contributed by atoms with Gasteiger partial charge in [0.1, 0.15) is 11.5 Å². The van der Waals surface area contributed by atoms with Gasteiger partial charge in [-0.05, 0) is 50.7 Å². The van der Waals surface area contributed by atoms with Crippen molar-refractivity contribution in [3.05, 3.63) is 77.8 Å². The molecular formula is C26H29F3N4. The average molecular weight is 455 g/mol. The molecule has 0 aromatic heterocycles. The van der Waals surface area contributed by atoms with Gasteiger partial charge < -0.3 is 9.80 Å². The van der Waals surface area contributed by atoms with E-state index in [0.29, 0.717) is 29.3 Å². The molecule has 0 N–H and O–H groups in total. The minimum absolute atomic E-state index is 0.0557. The molecule has 174 valence electrons. The normalized spacial score (nSPS) is 17.2. The van der Waals surface area contributed by atoms with Crippen LogP contribution in [0.4, 0.5) is 18.9 Å². The molecule has 0 spiro atoms. The van der Waals surface area contributed by atoms with Crippen molar-refractivity contribution in [2.24, 2.45) is 16.1 Å². The summed E-state index contributed by atoms with van der Waals surface area (Å²) in [5.41, 5.74) is 3.04. The Balaban J connectivity index is 1.53. The first kappa shape index (κ1) is 23.2. The van der Waals surface area contributed by atoms with Crippen LogP contribution in [0.25, 0.3) is 0 Å². The number of likely N-dealkylation sites (tertiary alicyclic amines) is 1. The highest BCUT2D eigenvalue weighted by Gasteiger charge is 2.26. The van der Waals surface area contributed by atoms with E-state index in [4.69, 9.17) is 0 Å². The second kappa shape index (κ2) is 10.3. The third-order valence-corrected chi connectivity index (χ3v) is 6.53. The van der Waals surface area contributed by atoms with Crippen molar-refractivity contribution in [3.8, 4) is 0 Å². The van der Waals surface area contributed by atoms with Crippen LogP contribution in [-0.4, -0.2) is 42.4 Å². The molecule has 0 bridgehead atoms. The van der Waals surface area contributed by atoms with Gasteiger partial charge in [-0.25, -0.2) is 13.2 Å². The molecule has 0 atom stereocenters. The number of piperidine rings is 1. The van der Waals surface area contributed by atoms with Crippen molar-refractivity contribution in [1.82, 2.24) is 4.90 Å². The summed E-state index contributed by atoms with van der Waals surface area (Å²) in [5, 5.41) is 7.35. The van der Waals surface area contributed by atoms with E-state index in [2.05, 4.69) is 33.5 Å². The number of alkyl halides is 2. The summed E-state index contributed by atoms with van der Waals surface area (Å²) in [5.74, 6) is -0.0525. The van der Waals surface area contributed by atoms with E-state index in [1.165, 1.54) is 6.07 Å². The molecule has 2 aliphatic heterocycles. The summed E-state index contributed by atoms with van der Waals surface area (Å²) < 4.78 is 40.8. The van der Waals surface area contributed by atoms with Gasteiger partial charge in [0.05, 0.1) is 12.3 Å². The van der Waals surface area contributed by atoms with Gasteiger partial charge in [0.2, 0.25) is 0 Å². The molecule has 2 aromatic carbocycles. The predicted octanol–water partition coefficient (Wildman–Crippen LogP) is 5.89. The van der Waals surface area contributed by atoms with E-state index in [9.17, 15) is 8.78 Å². The monoisotopic (exact) mass is 454 g/mol. The number of benzene rings is 2. The number of halogens is 3. The topological polar surface area (TPSA) is 31.2 Å². The smallest absolute Gasteiger partial charge is 0.278 e. The Kier molecular flexibility index (Phi) is 7.28. The zero-order valence-electron chi connectivity index (χ0n) is 18.9. The number of rotatable bonds is 8. The van der Waals surface area contributed by atoms with Gasteiger partial charge in [-0.15, -0.1) is 0 Å². The fraction of sp³-hybridized carbons (Fsp3) is 0.385. The van der Waals surface area contributed by atoms with E-state index >= 15 is 4.39 Å². The van der Waals surface area contributed by atoms with Crippen LogP contribution in [0.1, 0.15) is 37.3 Å². The van der Waals surface area contributed by atoms with Crippen molar-refractivity contribution in [3.63, 3.8) is 0 Å². The number of hydrogen-bond acceptors (Lipinski definition) is 4. The van der Waals surface area contributed by atoms with E-state index in [-0.39, 0.29) is 12.1 Å². The molecule has 7 heteroatoms. The van der Waals surface area contributed by atoms with Gasteiger partial charge in [0, 0.05) is 34.9 Å². The maximum Gasteiger partial charge on any atom is 0.278 e. The van der Waals surface area contributed by atoms with Crippen LogP contribution in [-0.2, 0) is 6.54 Å². The second-order valence-corrected chi connectivity index (χ2v) is 8.54. The molecule has 0 radical (unpaired) electrons. The van der Waals surface area contributed by atoms with Crippen LogP contribution >= 0.6 is 0 Å². The van der Waals surface area contributed by atoms with Crippen molar-refractivity contribution in [1.29, 1.82) is 0 Å². The Morgan fingerprint density at radius 2 is 1.85 bits per heavy atom. The van der Waals surface area contributed by atoms with Gasteiger partial charge in [-0.1, -0.05) is 43.8 Å². The number of nitrogens with zero attached hydrogens (tertiary/aromatic N) is 4. The van der Waals surface area contributed by atoms with Gasteiger partial charge in [-0.2, -0.15) is 10.2 Å². The maximum atomic E-state index is 15.1. The van der Waals surface area contributed by atoms with Gasteiger partial charge >= 0.3 is 0 Å². The lowest BCUT2D eigenvalue weighted by Crippen LogP contribution is -2.37. The molecule has 33 heavy (non-hydrogen) atoms. The minimum atomic E-state index is -2.65. The lowest BCUT2D eigenvalue weighted by molar-refractivity contribution is 0.206. The summed E-state index contributed by atoms with van der Waals surface area (Å²) >= 11 is 0. The third kappa shape index (κ3) is 5.36. The number of allylic oxidation sites excluding steroid dienone is 1. The standard InChI is InChI=1S/C26H29F3N4/c1-3-32-13-11-19(12-14-32)18(2)33(22-7-5-4-6-8-22)17-21-10-9-20(15-23(21)27)24-16-25(26(28)29)31-30-24/h4-10,15,19,26H,2-3,11-14,16-17H2,1H3. The van der Waals surface area contributed by atoms with E-state index in [1.54, 1.807) is 12.1 Å². The van der Waals surface area contributed by atoms with Crippen LogP contribution < -0.4 is 4.90 Å². The molecule has 0 saturated carbocycles. The Hall–Kier alpha value is -2.93. The highest BCUT2D eigenvalue weighted by atomic mass is 19.3. The Morgan fingerprint density at radius 3 is 2.45 bits per heavy atom. The maximum absolute atomic E-state index is 15.1. The first-order chi connectivity index (χ1) is 16.0. The second-order valence-electron chi connectivity index (χ2n) is 8.54. The third-order valence-electron chi connectivity index (χ3n) is 6.53. The highest BCUT2D eigenvalue weighted by molar-refractivity contribution is 6.15. The zero-order valence-corrected chi connectivity index (χ0v) is 18.9. The molecule has 2 aliphatic rings. The lowest BCUT2D eigenvalue weighted by Gasteiger charge is -2.37. The van der Waals surface area contributed by atoms with Gasteiger partial charge in [0.25, 0.3) is 6.43 Å². The molecule has 0 aliphatic carbocycles. The van der Waals surface area contributed by atoms with Crippen LogP contribution in [0.2, 0.25) is 0 Å². The van der Waals surface area contributed by atoms with Crippen molar-refractivity contribution in [2.75, 3.05) is 24.5 Å². The molecule has 4 nitrogen and oxygen atoms in total. The van der Waals surface area contributed by atoms with Crippen LogP contribution in [0, 0.1) is 11.7 Å². The Labute approximate surface area is 193 Å². The van der Waals surface area contributed by atoms with Crippen LogP contribution in [0.3, 0.4) is 0 Å². The molecule has 2 heterocycles. The lowest BCUT2D eigenvalue weighted by atomic mass is 9.92. The van der Waals surface area contributed by atoms with Crippen molar-refractivity contribution in [2.45, 2.75) is 39.2 Å². The van der Waals surface area contributed by atoms with Gasteiger partial charge in [-0.3, -0.25) is 0 Å². The zero-order chi connectivity index (χ0) is 23.4. The van der Waals surface area contributed by atoms with Gasteiger partial charge in [0.15, 0.2) is 0 Å². The summed E-state index contributed by atoms with van der Waals surface area (Å²) in [6.45, 7) is 10.1. The van der Waals surface area contributed by atoms with E-state index in [0.717, 1.165) is 43.9 Å². The molecule has 0 unspecified atom stereocenters. The van der Waals surface area contributed by atoms with Crippen molar-refractivity contribution < 1.29 is 13.2 Å². The summed E-state index contributed by atoms with van der Waals surface area (Å²) in [4.78, 5) is 4.53. The summed E-state index contributed by atoms with van der Waals surface area (Å²) in [6.07, 6.45) is -0.641. The molecule has 4 rings (SSSR count). The summed E-state index contributed by atoms with van der Waals surface area (Å²) in [7, 11) is 0. The first-order valence-corrected chi connectivity index (χ1v) is 11.4. The molecule has 2 aromatic rings. The fourth-order valence-electron chi connectivity index (χ4n) is 4.44. The predicted molar refractivity (Wildman–Crippen MR) is 128 cm³/mol. The van der Waals surface area contributed by atoms with Crippen LogP contribution in [0.5, 0.6) is 0 Å². The largest absolute Gasteiger partial charge is 0.341 e. The minimum Gasteiger partial charge on any atom is -0.341 e. The van der Waals surface area contributed by atoms with E-state index < -0.39 is 12.2 Å². The SMILES string of the molecule is C=C(C1CCN(CC)CC1)N(Cc1ccc(C2=NN=C(C(F)F)C2)cc1F)c1ccccc1. The molecular weight excluding hydrogens is 425 g/mol. The molecule has 0 amide bonds. The van der Waals surface area contributed by atoms with Crippen LogP contribution in [0.15, 0.2) is 71.0 Å². The number of hydrogen-bond donors (Lipinski definition) is 0.